The van der Waals surface area contributed by atoms with Crippen molar-refractivity contribution < 1.29 is 4.79 Å². The topological polar surface area (TPSA) is 89.5 Å². The number of aromatic nitrogens is 5. The first-order valence-corrected chi connectivity index (χ1v) is 10.5. The Morgan fingerprint density at radius 1 is 1.33 bits per heavy atom. The van der Waals surface area contributed by atoms with E-state index in [-0.39, 0.29) is 29.1 Å². The van der Waals surface area contributed by atoms with E-state index in [4.69, 9.17) is 0 Å². The van der Waals surface area contributed by atoms with E-state index < -0.39 is 0 Å². The number of nitrogens with one attached hydrogen (secondary N) is 1. The second kappa shape index (κ2) is 7.62. The third kappa shape index (κ3) is 3.28. The molecule has 1 amide bonds. The minimum Gasteiger partial charge on any atom is -0.353 e. The fourth-order valence-corrected chi connectivity index (χ4v) is 4.15. The van der Waals surface area contributed by atoms with Crippen LogP contribution in [0.1, 0.15) is 54.5 Å². The van der Waals surface area contributed by atoms with Crippen LogP contribution in [0.5, 0.6) is 0 Å². The van der Waals surface area contributed by atoms with E-state index in [0.29, 0.717) is 12.2 Å². The van der Waals surface area contributed by atoms with Gasteiger partial charge in [-0.25, -0.2) is 14.2 Å². The lowest BCUT2D eigenvalue weighted by Gasteiger charge is -2.18. The molecule has 0 bridgehead atoms. The Hall–Kier alpha value is -3.10. The van der Waals surface area contributed by atoms with Gasteiger partial charge in [-0.15, -0.1) is 5.10 Å². The summed E-state index contributed by atoms with van der Waals surface area (Å²) in [5.74, 6) is 0.561. The molecule has 1 unspecified atom stereocenters. The lowest BCUT2D eigenvalue weighted by Crippen LogP contribution is -2.39. The molecule has 0 aromatic carbocycles. The van der Waals surface area contributed by atoms with Gasteiger partial charge in [0.05, 0.1) is 17.9 Å². The van der Waals surface area contributed by atoms with E-state index in [1.165, 1.54) is 0 Å². The van der Waals surface area contributed by atoms with E-state index in [2.05, 4.69) is 20.3 Å². The molecule has 2 atom stereocenters. The number of anilines is 1. The zero-order valence-electron chi connectivity index (χ0n) is 18.2. The maximum absolute atomic E-state index is 13.0. The second-order valence-electron chi connectivity index (χ2n) is 8.16. The number of imidazole rings is 1. The van der Waals surface area contributed by atoms with Gasteiger partial charge in [-0.3, -0.25) is 14.3 Å². The monoisotopic (exact) mass is 411 g/mol. The molecule has 1 N–H and O–H groups in total. The lowest BCUT2D eigenvalue weighted by molar-refractivity contribution is 0.0938. The number of carbonyl (C=O) groups is 1. The number of amides is 1. The van der Waals surface area contributed by atoms with Crippen LogP contribution in [0.25, 0.3) is 5.65 Å². The van der Waals surface area contributed by atoms with Crippen LogP contribution in [0.3, 0.4) is 0 Å². The first-order valence-electron chi connectivity index (χ1n) is 10.5. The van der Waals surface area contributed by atoms with Gasteiger partial charge in [0.1, 0.15) is 11.4 Å². The van der Waals surface area contributed by atoms with E-state index in [9.17, 15) is 9.59 Å². The van der Waals surface area contributed by atoms with Gasteiger partial charge >= 0.3 is 0 Å². The van der Waals surface area contributed by atoms with Crippen LogP contribution in [0.2, 0.25) is 0 Å². The van der Waals surface area contributed by atoms with Gasteiger partial charge in [-0.2, -0.15) is 0 Å². The predicted molar refractivity (Wildman–Crippen MR) is 115 cm³/mol. The lowest BCUT2D eigenvalue weighted by atomic mass is 10.2. The molecule has 4 rings (SSSR count). The Balaban J connectivity index is 1.50. The van der Waals surface area contributed by atoms with Crippen LogP contribution in [-0.2, 0) is 7.05 Å². The van der Waals surface area contributed by atoms with Gasteiger partial charge in [-0.05, 0) is 45.7 Å². The molecular weight excluding hydrogens is 382 g/mol. The van der Waals surface area contributed by atoms with Crippen molar-refractivity contribution in [1.29, 1.82) is 0 Å². The van der Waals surface area contributed by atoms with Crippen molar-refractivity contribution in [1.82, 2.24) is 29.3 Å². The minimum absolute atomic E-state index is 0.0325. The Bertz CT molecular complexity index is 1160. The van der Waals surface area contributed by atoms with Crippen molar-refractivity contribution in [2.45, 2.75) is 52.6 Å². The summed E-state index contributed by atoms with van der Waals surface area (Å²) in [6, 6.07) is 3.91. The van der Waals surface area contributed by atoms with Crippen LogP contribution < -0.4 is 15.8 Å². The van der Waals surface area contributed by atoms with Crippen LogP contribution in [0.4, 0.5) is 5.82 Å². The maximum atomic E-state index is 13.0. The van der Waals surface area contributed by atoms with Crippen molar-refractivity contribution in [3.05, 3.63) is 45.6 Å². The van der Waals surface area contributed by atoms with Crippen molar-refractivity contribution in [3.63, 3.8) is 0 Å². The summed E-state index contributed by atoms with van der Waals surface area (Å²) in [5, 5.41) is 7.73. The van der Waals surface area contributed by atoms with E-state index >= 15 is 0 Å². The van der Waals surface area contributed by atoms with Gasteiger partial charge < -0.3 is 10.2 Å². The predicted octanol–water partition coefficient (Wildman–Crippen LogP) is 1.83. The number of rotatable bonds is 5. The summed E-state index contributed by atoms with van der Waals surface area (Å²) in [6.07, 6.45) is 3.43. The summed E-state index contributed by atoms with van der Waals surface area (Å²) >= 11 is 0. The van der Waals surface area contributed by atoms with Crippen LogP contribution >= 0.6 is 0 Å². The highest BCUT2D eigenvalue weighted by molar-refractivity contribution is 5.95. The number of fused-ring (bicyclic) bond motifs is 1. The molecule has 9 nitrogen and oxygen atoms in total. The Morgan fingerprint density at radius 2 is 2.10 bits per heavy atom. The highest BCUT2D eigenvalue weighted by Gasteiger charge is 2.29. The molecular formula is C21H29N7O2. The summed E-state index contributed by atoms with van der Waals surface area (Å²) in [6.45, 7) is 9.26. The summed E-state index contributed by atoms with van der Waals surface area (Å²) in [7, 11) is 1.83. The zero-order chi connectivity index (χ0) is 21.6. The first-order chi connectivity index (χ1) is 14.3. The molecule has 0 saturated carbocycles. The molecule has 30 heavy (non-hydrogen) atoms. The SMILES string of the molecule is CCC(C)n1c(=O)c(C(=O)N[C@H]2CCN(c3ccc4ncc(C)n4n3)C2)c(C)n1C. The standard InChI is InChI=1S/C21H29N7O2/c1-6-13(2)28-21(30)19(15(4)25(28)5)20(29)23-16-9-10-26(12-16)18-8-7-17-22-11-14(3)27(17)24-18/h7-8,11,13,16H,6,9-10,12H2,1-5H3,(H,23,29)/t13?,16-/m0/s1. The summed E-state index contributed by atoms with van der Waals surface area (Å²) in [4.78, 5) is 32.3. The molecule has 0 aliphatic carbocycles. The molecule has 1 fully saturated rings. The quantitative estimate of drug-likeness (QED) is 0.692. The third-order valence-corrected chi connectivity index (χ3v) is 6.19. The molecule has 4 heterocycles. The molecule has 3 aromatic heterocycles. The molecule has 160 valence electrons. The summed E-state index contributed by atoms with van der Waals surface area (Å²) < 4.78 is 5.28. The average molecular weight is 412 g/mol. The van der Waals surface area contributed by atoms with Crippen LogP contribution in [-0.4, -0.2) is 49.0 Å². The van der Waals surface area contributed by atoms with E-state index in [0.717, 1.165) is 36.5 Å². The highest BCUT2D eigenvalue weighted by atomic mass is 16.2. The van der Waals surface area contributed by atoms with Crippen molar-refractivity contribution in [2.24, 2.45) is 7.05 Å². The average Bonchev–Trinajstić information content (AvgIpc) is 3.39. The minimum atomic E-state index is -0.295. The summed E-state index contributed by atoms with van der Waals surface area (Å²) in [5.41, 5.74) is 2.50. The van der Waals surface area contributed by atoms with Crippen molar-refractivity contribution >= 4 is 17.4 Å². The van der Waals surface area contributed by atoms with E-state index in [1.54, 1.807) is 15.6 Å². The van der Waals surface area contributed by atoms with Crippen molar-refractivity contribution in [3.8, 4) is 0 Å². The van der Waals surface area contributed by atoms with Crippen LogP contribution in [0, 0.1) is 13.8 Å². The Morgan fingerprint density at radius 3 is 2.83 bits per heavy atom. The fourth-order valence-electron chi connectivity index (χ4n) is 4.15. The van der Waals surface area contributed by atoms with Gasteiger partial charge in [0.15, 0.2) is 5.65 Å². The smallest absolute Gasteiger partial charge is 0.280 e. The number of hydrogen-bond acceptors (Lipinski definition) is 5. The highest BCUT2D eigenvalue weighted by Crippen LogP contribution is 2.20. The largest absolute Gasteiger partial charge is 0.353 e. The molecule has 1 aliphatic heterocycles. The van der Waals surface area contributed by atoms with Gasteiger partial charge in [-0.1, -0.05) is 6.92 Å². The van der Waals surface area contributed by atoms with Crippen molar-refractivity contribution in [2.75, 3.05) is 18.0 Å². The zero-order valence-corrected chi connectivity index (χ0v) is 18.2. The molecule has 1 saturated heterocycles. The number of hydrogen-bond donors (Lipinski definition) is 1. The van der Waals surface area contributed by atoms with E-state index in [1.807, 2.05) is 51.4 Å². The Kier molecular flexibility index (Phi) is 5.13. The molecule has 1 aliphatic rings. The Labute approximate surface area is 175 Å². The molecule has 0 spiro atoms. The maximum Gasteiger partial charge on any atom is 0.280 e. The van der Waals surface area contributed by atoms with Gasteiger partial charge in [0.25, 0.3) is 11.5 Å². The molecule has 9 heteroatoms. The van der Waals surface area contributed by atoms with Crippen LogP contribution in [0.15, 0.2) is 23.1 Å². The number of nitrogens with zero attached hydrogens (tertiary/aromatic N) is 6. The molecule has 0 radical (unpaired) electrons. The number of aryl methyl sites for hydroxylation is 1. The third-order valence-electron chi connectivity index (χ3n) is 6.19. The normalized spacial score (nSPS) is 17.6. The second-order valence-corrected chi connectivity index (χ2v) is 8.16. The van der Waals surface area contributed by atoms with Gasteiger partial charge in [0, 0.05) is 31.9 Å². The number of carbonyl (C=O) groups excluding carboxylic acids is 1. The fraction of sp³-hybridized carbons (Fsp3) is 0.524. The van der Waals surface area contributed by atoms with Gasteiger partial charge in [0.2, 0.25) is 0 Å². The first kappa shape index (κ1) is 20.2. The molecule has 3 aromatic rings.